The Hall–Kier alpha value is -1.30. The highest BCUT2D eigenvalue weighted by atomic mass is 16.4. The fourth-order valence-corrected chi connectivity index (χ4v) is 2.31. The Labute approximate surface area is 120 Å². The Kier molecular flexibility index (Phi) is 5.80. The number of nitrogens with one attached hydrogen (secondary N) is 1. The third-order valence-electron chi connectivity index (χ3n) is 3.88. The van der Waals surface area contributed by atoms with Crippen LogP contribution >= 0.6 is 0 Å². The Morgan fingerprint density at radius 2 is 1.85 bits per heavy atom. The number of carbonyl (C=O) groups is 2. The number of carboxylic acid groups (broad SMARTS) is 1. The van der Waals surface area contributed by atoms with Gasteiger partial charge < -0.3 is 20.4 Å². The molecule has 0 aromatic heterocycles. The van der Waals surface area contributed by atoms with Crippen molar-refractivity contribution < 1.29 is 19.8 Å². The molecule has 1 fully saturated rings. The maximum atomic E-state index is 12.2. The smallest absolute Gasteiger partial charge is 0.317 e. The molecule has 0 aromatic rings. The number of hydrogen-bond acceptors (Lipinski definition) is 3. The molecule has 1 saturated heterocycles. The van der Waals surface area contributed by atoms with Crippen LogP contribution in [0.5, 0.6) is 0 Å². The lowest BCUT2D eigenvalue weighted by Gasteiger charge is -2.35. The van der Waals surface area contributed by atoms with E-state index in [2.05, 4.69) is 5.32 Å². The monoisotopic (exact) mass is 286 g/mol. The molecule has 1 unspecified atom stereocenters. The third kappa shape index (κ3) is 5.00. The van der Waals surface area contributed by atoms with Crippen molar-refractivity contribution in [3.8, 4) is 0 Å². The maximum Gasteiger partial charge on any atom is 0.317 e. The van der Waals surface area contributed by atoms with Crippen LogP contribution < -0.4 is 5.32 Å². The van der Waals surface area contributed by atoms with E-state index < -0.39 is 12.0 Å². The van der Waals surface area contributed by atoms with Gasteiger partial charge in [-0.1, -0.05) is 20.8 Å². The minimum absolute atomic E-state index is 0.0810. The number of aliphatic carboxylic acids is 1. The summed E-state index contributed by atoms with van der Waals surface area (Å²) >= 11 is 0. The molecule has 0 saturated carbocycles. The van der Waals surface area contributed by atoms with Gasteiger partial charge in [0.25, 0.3) is 0 Å². The molecule has 1 aliphatic rings. The van der Waals surface area contributed by atoms with Crippen LogP contribution in [0.25, 0.3) is 0 Å². The summed E-state index contributed by atoms with van der Waals surface area (Å²) < 4.78 is 0. The summed E-state index contributed by atoms with van der Waals surface area (Å²) in [7, 11) is 0. The number of carbonyl (C=O) groups excluding carboxylic acids is 1. The van der Waals surface area contributed by atoms with E-state index in [1.165, 1.54) is 0 Å². The lowest BCUT2D eigenvalue weighted by molar-refractivity contribution is -0.138. The average Bonchev–Trinajstić information content (AvgIpc) is 2.36. The largest absolute Gasteiger partial charge is 0.481 e. The van der Waals surface area contributed by atoms with Crippen molar-refractivity contribution in [2.75, 3.05) is 19.7 Å². The van der Waals surface area contributed by atoms with E-state index >= 15 is 0 Å². The fourth-order valence-electron chi connectivity index (χ4n) is 2.31. The van der Waals surface area contributed by atoms with Gasteiger partial charge in [-0.15, -0.1) is 0 Å². The first-order valence-corrected chi connectivity index (χ1v) is 7.12. The zero-order valence-electron chi connectivity index (χ0n) is 12.6. The summed E-state index contributed by atoms with van der Waals surface area (Å²) in [6.45, 7) is 7.14. The van der Waals surface area contributed by atoms with E-state index in [1.807, 2.05) is 20.8 Å². The molecule has 6 nitrogen and oxygen atoms in total. The zero-order valence-corrected chi connectivity index (χ0v) is 12.6. The van der Waals surface area contributed by atoms with Crippen LogP contribution in [-0.2, 0) is 4.79 Å². The van der Waals surface area contributed by atoms with Crippen LogP contribution in [0.1, 0.15) is 40.0 Å². The van der Waals surface area contributed by atoms with E-state index in [4.69, 9.17) is 10.2 Å². The number of amides is 2. The molecule has 116 valence electrons. The van der Waals surface area contributed by atoms with Crippen molar-refractivity contribution >= 4 is 12.0 Å². The van der Waals surface area contributed by atoms with Crippen molar-refractivity contribution in [3.63, 3.8) is 0 Å². The van der Waals surface area contributed by atoms with Gasteiger partial charge in [0.15, 0.2) is 0 Å². The number of hydrogen-bond donors (Lipinski definition) is 3. The highest BCUT2D eigenvalue weighted by Gasteiger charge is 2.31. The SMILES string of the molecule is CC(C)(C)C(CC(=O)O)NC(=O)N1CCC(CO)CC1. The van der Waals surface area contributed by atoms with Crippen LogP contribution in [0.4, 0.5) is 4.79 Å². The Morgan fingerprint density at radius 3 is 2.25 bits per heavy atom. The first-order chi connectivity index (χ1) is 9.24. The molecular weight excluding hydrogens is 260 g/mol. The molecule has 0 radical (unpaired) electrons. The number of carboxylic acids is 1. The van der Waals surface area contributed by atoms with Crippen molar-refractivity contribution in [1.29, 1.82) is 0 Å². The van der Waals surface area contributed by atoms with E-state index in [0.29, 0.717) is 13.1 Å². The van der Waals surface area contributed by atoms with Crippen molar-refractivity contribution in [2.24, 2.45) is 11.3 Å². The third-order valence-corrected chi connectivity index (χ3v) is 3.88. The summed E-state index contributed by atoms with van der Waals surface area (Å²) in [5.74, 6) is -0.638. The van der Waals surface area contributed by atoms with Gasteiger partial charge in [-0.2, -0.15) is 0 Å². The number of urea groups is 1. The van der Waals surface area contributed by atoms with Gasteiger partial charge in [-0.25, -0.2) is 4.79 Å². The van der Waals surface area contributed by atoms with Gasteiger partial charge >= 0.3 is 12.0 Å². The first kappa shape index (κ1) is 16.8. The molecule has 0 spiro atoms. The number of aliphatic hydroxyl groups is 1. The van der Waals surface area contributed by atoms with Crippen molar-refractivity contribution in [2.45, 2.75) is 46.1 Å². The lowest BCUT2D eigenvalue weighted by Crippen LogP contribution is -2.52. The number of aliphatic hydroxyl groups excluding tert-OH is 1. The van der Waals surface area contributed by atoms with Crippen LogP contribution in [0.15, 0.2) is 0 Å². The molecule has 1 heterocycles. The molecule has 1 atom stereocenters. The minimum Gasteiger partial charge on any atom is -0.481 e. The number of rotatable bonds is 4. The van der Waals surface area contributed by atoms with Crippen LogP contribution in [0, 0.1) is 11.3 Å². The summed E-state index contributed by atoms with van der Waals surface area (Å²) in [4.78, 5) is 24.8. The fraction of sp³-hybridized carbons (Fsp3) is 0.857. The number of likely N-dealkylation sites (tertiary alicyclic amines) is 1. The summed E-state index contributed by atoms with van der Waals surface area (Å²) in [5, 5.41) is 20.9. The Balaban J connectivity index is 2.56. The molecule has 0 aromatic carbocycles. The second kappa shape index (κ2) is 6.92. The van der Waals surface area contributed by atoms with E-state index in [1.54, 1.807) is 4.90 Å². The van der Waals surface area contributed by atoms with Gasteiger partial charge in [-0.05, 0) is 24.2 Å². The molecule has 3 N–H and O–H groups in total. The lowest BCUT2D eigenvalue weighted by atomic mass is 9.85. The van der Waals surface area contributed by atoms with Crippen molar-refractivity contribution in [1.82, 2.24) is 10.2 Å². The Morgan fingerprint density at radius 1 is 1.30 bits per heavy atom. The molecule has 20 heavy (non-hydrogen) atoms. The highest BCUT2D eigenvalue weighted by molar-refractivity contribution is 5.76. The quantitative estimate of drug-likeness (QED) is 0.726. The average molecular weight is 286 g/mol. The minimum atomic E-state index is -0.913. The number of nitrogens with zero attached hydrogens (tertiary/aromatic N) is 1. The maximum absolute atomic E-state index is 12.2. The highest BCUT2D eigenvalue weighted by Crippen LogP contribution is 2.23. The molecule has 2 amide bonds. The second-order valence-electron chi connectivity index (χ2n) is 6.58. The van der Waals surface area contributed by atoms with Crippen molar-refractivity contribution in [3.05, 3.63) is 0 Å². The van der Waals surface area contributed by atoms with Crippen LogP contribution in [-0.4, -0.2) is 52.9 Å². The predicted octanol–water partition coefficient (Wildman–Crippen LogP) is 1.29. The second-order valence-corrected chi connectivity index (χ2v) is 6.58. The standard InChI is InChI=1S/C14H26N2O4/c1-14(2,3)11(8-12(18)19)15-13(20)16-6-4-10(9-17)5-7-16/h10-11,17H,4-9H2,1-3H3,(H,15,20)(H,18,19). The molecule has 1 rings (SSSR count). The zero-order chi connectivity index (χ0) is 15.3. The van der Waals surface area contributed by atoms with Gasteiger partial charge in [0.1, 0.15) is 0 Å². The van der Waals surface area contributed by atoms with Crippen LogP contribution in [0.2, 0.25) is 0 Å². The number of piperidine rings is 1. The van der Waals surface area contributed by atoms with E-state index in [0.717, 1.165) is 12.8 Å². The van der Waals surface area contributed by atoms with Gasteiger partial charge in [-0.3, -0.25) is 4.79 Å². The topological polar surface area (TPSA) is 89.9 Å². The Bertz CT molecular complexity index is 344. The molecule has 0 bridgehead atoms. The summed E-state index contributed by atoms with van der Waals surface area (Å²) in [6.07, 6.45) is 1.51. The van der Waals surface area contributed by atoms with Crippen LogP contribution in [0.3, 0.4) is 0 Å². The molecule has 0 aliphatic carbocycles. The normalized spacial score (nSPS) is 18.7. The van der Waals surface area contributed by atoms with E-state index in [9.17, 15) is 9.59 Å². The predicted molar refractivity (Wildman–Crippen MR) is 75.4 cm³/mol. The molecule has 6 heteroatoms. The van der Waals surface area contributed by atoms with E-state index in [-0.39, 0.29) is 30.4 Å². The molecular formula is C14H26N2O4. The molecule has 1 aliphatic heterocycles. The van der Waals surface area contributed by atoms with Gasteiger partial charge in [0.2, 0.25) is 0 Å². The first-order valence-electron chi connectivity index (χ1n) is 7.12. The van der Waals surface area contributed by atoms with Gasteiger partial charge in [0.05, 0.1) is 6.42 Å². The van der Waals surface area contributed by atoms with Gasteiger partial charge in [0, 0.05) is 25.7 Å². The summed E-state index contributed by atoms with van der Waals surface area (Å²) in [6, 6.07) is -0.606. The summed E-state index contributed by atoms with van der Waals surface area (Å²) in [5.41, 5.74) is -0.308.